The number of H-pyrrole nitrogens is 1. The number of halogens is 1. The highest BCUT2D eigenvalue weighted by atomic mass is 35.5. The summed E-state index contributed by atoms with van der Waals surface area (Å²) in [5, 5.41) is 10.00. The Morgan fingerprint density at radius 3 is 2.88 bits per heavy atom. The number of hydrogen-bond donors (Lipinski definition) is 3. The van der Waals surface area contributed by atoms with E-state index < -0.39 is 0 Å². The Morgan fingerprint density at radius 1 is 1.27 bits per heavy atom. The topological polar surface area (TPSA) is 73.0 Å². The lowest BCUT2D eigenvalue weighted by Crippen LogP contribution is -2.37. The van der Waals surface area contributed by atoms with Gasteiger partial charge in [0.15, 0.2) is 0 Å². The zero-order valence-electron chi connectivity index (χ0n) is 14.2. The predicted octanol–water partition coefficient (Wildman–Crippen LogP) is 4.20. The van der Waals surface area contributed by atoms with E-state index in [0.717, 1.165) is 53.9 Å². The first-order valence-electron chi connectivity index (χ1n) is 8.64. The number of nitrogens with one attached hydrogen (secondary N) is 3. The van der Waals surface area contributed by atoms with Crippen LogP contribution in [0.3, 0.4) is 0 Å². The van der Waals surface area contributed by atoms with Crippen LogP contribution < -0.4 is 10.6 Å². The quantitative estimate of drug-likeness (QED) is 0.612. The third-order valence-corrected chi connectivity index (χ3v) is 5.48. The Kier molecular flexibility index (Phi) is 4.99. The van der Waals surface area contributed by atoms with E-state index in [9.17, 15) is 4.79 Å². The van der Waals surface area contributed by atoms with Gasteiger partial charge in [-0.2, -0.15) is 0 Å². The van der Waals surface area contributed by atoms with Gasteiger partial charge in [0, 0.05) is 35.1 Å². The summed E-state index contributed by atoms with van der Waals surface area (Å²) in [7, 11) is 0. The first-order chi connectivity index (χ1) is 12.7. The zero-order chi connectivity index (χ0) is 17.9. The third-order valence-electron chi connectivity index (χ3n) is 4.53. The number of hydrogen-bond acceptors (Lipinski definition) is 4. The number of amides is 2. The van der Waals surface area contributed by atoms with Crippen molar-refractivity contribution in [3.05, 3.63) is 45.5 Å². The van der Waals surface area contributed by atoms with E-state index in [1.807, 2.05) is 34.0 Å². The van der Waals surface area contributed by atoms with E-state index in [1.54, 1.807) is 11.3 Å². The van der Waals surface area contributed by atoms with Crippen LogP contribution in [-0.4, -0.2) is 34.0 Å². The fourth-order valence-corrected chi connectivity index (χ4v) is 3.95. The number of rotatable bonds is 5. The molecule has 0 bridgehead atoms. The van der Waals surface area contributed by atoms with Crippen molar-refractivity contribution in [2.45, 2.75) is 25.9 Å². The van der Waals surface area contributed by atoms with E-state index in [0.29, 0.717) is 18.1 Å². The van der Waals surface area contributed by atoms with Crippen LogP contribution >= 0.6 is 22.9 Å². The van der Waals surface area contributed by atoms with Gasteiger partial charge in [-0.1, -0.05) is 11.6 Å². The molecule has 4 rings (SSSR count). The van der Waals surface area contributed by atoms with Gasteiger partial charge in [-0.15, -0.1) is 11.3 Å². The minimum atomic E-state index is 0.00445. The maximum absolute atomic E-state index is 12.1. The number of urea groups is 1. The fourth-order valence-electron chi connectivity index (χ4n) is 3.16. The minimum absolute atomic E-state index is 0.00445. The van der Waals surface area contributed by atoms with E-state index >= 15 is 0 Å². The molecule has 8 heteroatoms. The van der Waals surface area contributed by atoms with Crippen molar-refractivity contribution in [2.24, 2.45) is 0 Å². The molecule has 0 aliphatic carbocycles. The van der Waals surface area contributed by atoms with E-state index in [2.05, 4.69) is 20.6 Å². The van der Waals surface area contributed by atoms with Gasteiger partial charge in [0.25, 0.3) is 0 Å². The first kappa shape index (κ1) is 17.2. The third kappa shape index (κ3) is 3.78. The number of benzene rings is 1. The molecule has 3 aromatic rings. The molecule has 1 aliphatic heterocycles. The van der Waals surface area contributed by atoms with Crippen molar-refractivity contribution in [2.75, 3.05) is 18.4 Å². The summed E-state index contributed by atoms with van der Waals surface area (Å²) >= 11 is 7.97. The predicted molar refractivity (Wildman–Crippen MR) is 106 cm³/mol. The molecule has 136 valence electrons. The molecule has 0 unspecified atom stereocenters. The van der Waals surface area contributed by atoms with E-state index in [-0.39, 0.29) is 6.03 Å². The number of carbonyl (C=O) groups excluding carboxylic acids is 1. The molecule has 1 fully saturated rings. The van der Waals surface area contributed by atoms with Gasteiger partial charge in [0.1, 0.15) is 0 Å². The van der Waals surface area contributed by atoms with Gasteiger partial charge >= 0.3 is 6.03 Å². The molecule has 1 saturated heterocycles. The van der Waals surface area contributed by atoms with Crippen LogP contribution in [0.4, 0.5) is 10.5 Å². The molecule has 0 radical (unpaired) electrons. The number of nitrogens with zero attached hydrogens (tertiary/aromatic N) is 2. The van der Waals surface area contributed by atoms with Crippen molar-refractivity contribution in [3.63, 3.8) is 0 Å². The summed E-state index contributed by atoms with van der Waals surface area (Å²) in [6.45, 7) is 2.81. The molecule has 3 heterocycles. The first-order valence-corrected chi connectivity index (χ1v) is 9.96. The van der Waals surface area contributed by atoms with Crippen LogP contribution in [0.15, 0.2) is 29.1 Å². The van der Waals surface area contributed by atoms with Gasteiger partial charge in [-0.3, -0.25) is 0 Å². The van der Waals surface area contributed by atoms with Crippen molar-refractivity contribution < 1.29 is 4.79 Å². The summed E-state index contributed by atoms with van der Waals surface area (Å²) in [5.74, 6) is 0. The monoisotopic (exact) mass is 389 g/mol. The van der Waals surface area contributed by atoms with Gasteiger partial charge in [0.2, 0.25) is 0 Å². The number of anilines is 1. The lowest BCUT2D eigenvalue weighted by molar-refractivity contribution is 0.208. The Bertz CT molecular complexity index is 902. The highest BCUT2D eigenvalue weighted by Gasteiger charge is 2.17. The molecular weight excluding hydrogens is 370 g/mol. The van der Waals surface area contributed by atoms with Gasteiger partial charge in [-0.05, 0) is 31.0 Å². The second kappa shape index (κ2) is 7.55. The van der Waals surface area contributed by atoms with Crippen molar-refractivity contribution >= 4 is 45.6 Å². The van der Waals surface area contributed by atoms with Crippen molar-refractivity contribution in [1.29, 1.82) is 0 Å². The minimum Gasteiger partial charge on any atom is -0.378 e. The second-order valence-electron chi connectivity index (χ2n) is 6.40. The maximum atomic E-state index is 12.1. The van der Waals surface area contributed by atoms with Crippen LogP contribution in [0.25, 0.3) is 10.9 Å². The summed E-state index contributed by atoms with van der Waals surface area (Å²) in [6, 6.07) is 5.96. The highest BCUT2D eigenvalue weighted by molar-refractivity contribution is 7.07. The standard InChI is InChI=1S/C18H20ClN5OS/c19-15-6-12-5-13(8-21-18(25)24-3-1-2-4-24)23-16(12)7-17(15)20-9-14-10-26-11-22-14/h5-7,10-11,20,23H,1-4,8-9H2,(H,21,25). The van der Waals surface area contributed by atoms with Gasteiger partial charge in [0.05, 0.1) is 35.0 Å². The summed E-state index contributed by atoms with van der Waals surface area (Å²) in [6.07, 6.45) is 2.18. The smallest absolute Gasteiger partial charge is 0.317 e. The molecular formula is C18H20ClN5OS. The maximum Gasteiger partial charge on any atom is 0.317 e. The molecule has 0 atom stereocenters. The SMILES string of the molecule is O=C(NCc1cc2cc(Cl)c(NCc3cscn3)cc2[nH]1)N1CCCC1. The number of likely N-dealkylation sites (tertiary alicyclic amines) is 1. The average Bonchev–Trinajstić information content (AvgIpc) is 3.38. The van der Waals surface area contributed by atoms with Crippen LogP contribution in [0.1, 0.15) is 24.2 Å². The van der Waals surface area contributed by atoms with Crippen LogP contribution in [0.5, 0.6) is 0 Å². The van der Waals surface area contributed by atoms with Crippen molar-refractivity contribution in [3.8, 4) is 0 Å². The van der Waals surface area contributed by atoms with Crippen LogP contribution in [0, 0.1) is 0 Å². The van der Waals surface area contributed by atoms with Crippen LogP contribution in [0.2, 0.25) is 5.02 Å². The van der Waals surface area contributed by atoms with Crippen molar-refractivity contribution in [1.82, 2.24) is 20.2 Å². The van der Waals surface area contributed by atoms with Gasteiger partial charge in [-0.25, -0.2) is 9.78 Å². The number of fused-ring (bicyclic) bond motifs is 1. The average molecular weight is 390 g/mol. The molecule has 2 aromatic heterocycles. The molecule has 2 amide bonds. The van der Waals surface area contributed by atoms with E-state index in [4.69, 9.17) is 11.6 Å². The summed E-state index contributed by atoms with van der Waals surface area (Å²) in [4.78, 5) is 21.6. The summed E-state index contributed by atoms with van der Waals surface area (Å²) in [5.41, 5.74) is 5.61. The second-order valence-corrected chi connectivity index (χ2v) is 7.53. The number of aromatic amines is 1. The Hall–Kier alpha value is -2.25. The van der Waals surface area contributed by atoms with E-state index in [1.165, 1.54) is 0 Å². The molecule has 0 saturated carbocycles. The Balaban J connectivity index is 1.43. The summed E-state index contributed by atoms with van der Waals surface area (Å²) < 4.78 is 0. The Labute approximate surface area is 160 Å². The largest absolute Gasteiger partial charge is 0.378 e. The normalized spacial score (nSPS) is 14.1. The lowest BCUT2D eigenvalue weighted by Gasteiger charge is -2.15. The zero-order valence-corrected chi connectivity index (χ0v) is 15.8. The molecule has 26 heavy (non-hydrogen) atoms. The molecule has 1 aliphatic rings. The molecule has 6 nitrogen and oxygen atoms in total. The Morgan fingerprint density at radius 2 is 2.12 bits per heavy atom. The van der Waals surface area contributed by atoms with Crippen LogP contribution in [-0.2, 0) is 13.1 Å². The molecule has 0 spiro atoms. The fraction of sp³-hybridized carbons (Fsp3) is 0.333. The van der Waals surface area contributed by atoms with Gasteiger partial charge < -0.3 is 20.5 Å². The lowest BCUT2D eigenvalue weighted by atomic mass is 10.2. The molecule has 3 N–H and O–H groups in total. The highest BCUT2D eigenvalue weighted by Crippen LogP contribution is 2.29. The molecule has 1 aromatic carbocycles. The number of carbonyl (C=O) groups is 1. The number of thiazole rings is 1. The number of aromatic nitrogens is 2.